The van der Waals surface area contributed by atoms with Crippen molar-refractivity contribution in [1.29, 1.82) is 0 Å². The molecule has 0 aromatic heterocycles. The largest absolute Gasteiger partial charge is 0.329 e. The van der Waals surface area contributed by atoms with Crippen molar-refractivity contribution in [1.82, 2.24) is 4.90 Å². The van der Waals surface area contributed by atoms with E-state index in [0.717, 1.165) is 19.1 Å². The number of nitrogens with two attached hydrogens (primary N) is 1. The zero-order valence-corrected chi connectivity index (χ0v) is 6.84. The normalized spacial score (nSPS) is 28.8. The Bertz CT molecular complexity index is 91.3. The lowest BCUT2D eigenvalue weighted by molar-refractivity contribution is 0.165. The zero-order valence-electron chi connectivity index (χ0n) is 6.84. The second kappa shape index (κ2) is 3.94. The van der Waals surface area contributed by atoms with Gasteiger partial charge in [-0.05, 0) is 26.3 Å². The van der Waals surface area contributed by atoms with Crippen LogP contribution in [0.2, 0.25) is 0 Å². The van der Waals surface area contributed by atoms with Crippen LogP contribution in [0.25, 0.3) is 0 Å². The lowest BCUT2D eigenvalue weighted by Crippen LogP contribution is -2.40. The first kappa shape index (κ1) is 8.02. The highest BCUT2D eigenvalue weighted by Gasteiger charge is 2.16. The maximum atomic E-state index is 5.48. The number of likely N-dealkylation sites (tertiary alicyclic amines) is 1. The summed E-state index contributed by atoms with van der Waals surface area (Å²) in [7, 11) is 0. The Morgan fingerprint density at radius 2 is 2.30 bits per heavy atom. The van der Waals surface area contributed by atoms with Gasteiger partial charge in [0.15, 0.2) is 0 Å². The summed E-state index contributed by atoms with van der Waals surface area (Å²) in [6, 6.07) is 0.775. The Morgan fingerprint density at radius 1 is 1.50 bits per heavy atom. The third kappa shape index (κ3) is 1.96. The van der Waals surface area contributed by atoms with E-state index in [1.54, 1.807) is 0 Å². The van der Waals surface area contributed by atoms with E-state index in [9.17, 15) is 0 Å². The van der Waals surface area contributed by atoms with Gasteiger partial charge in [0.25, 0.3) is 0 Å². The first-order valence-corrected chi connectivity index (χ1v) is 4.28. The highest BCUT2D eigenvalue weighted by molar-refractivity contribution is 4.72. The minimum atomic E-state index is 0.775. The fraction of sp³-hybridized carbons (Fsp3) is 1.00. The van der Waals surface area contributed by atoms with Crippen molar-refractivity contribution in [3.05, 3.63) is 0 Å². The smallest absolute Gasteiger partial charge is 0.0107 e. The standard InChI is InChI=1S/C8H18N2/c1-8-4-2-3-6-10(8)7-5-9/h8H,2-7,9H2,1H3/t8-/m0/s1. The molecule has 1 aliphatic rings. The van der Waals surface area contributed by atoms with Crippen LogP contribution < -0.4 is 5.73 Å². The Hall–Kier alpha value is -0.0800. The monoisotopic (exact) mass is 142 g/mol. The van der Waals surface area contributed by atoms with E-state index in [1.807, 2.05) is 0 Å². The maximum absolute atomic E-state index is 5.48. The average Bonchev–Trinajstić information content (AvgIpc) is 1.94. The van der Waals surface area contributed by atoms with Gasteiger partial charge in [-0.1, -0.05) is 6.42 Å². The predicted molar refractivity (Wildman–Crippen MR) is 43.9 cm³/mol. The summed E-state index contributed by atoms with van der Waals surface area (Å²) in [5, 5.41) is 0. The quantitative estimate of drug-likeness (QED) is 0.618. The van der Waals surface area contributed by atoms with E-state index in [-0.39, 0.29) is 0 Å². The number of piperidine rings is 1. The van der Waals surface area contributed by atoms with E-state index in [2.05, 4.69) is 11.8 Å². The van der Waals surface area contributed by atoms with Crippen LogP contribution in [-0.2, 0) is 0 Å². The molecule has 10 heavy (non-hydrogen) atoms. The lowest BCUT2D eigenvalue weighted by Gasteiger charge is -2.32. The summed E-state index contributed by atoms with van der Waals surface area (Å²) in [6.07, 6.45) is 4.13. The predicted octanol–water partition coefficient (Wildman–Crippen LogP) is 0.820. The van der Waals surface area contributed by atoms with Crippen molar-refractivity contribution in [3.63, 3.8) is 0 Å². The molecule has 2 nitrogen and oxygen atoms in total. The van der Waals surface area contributed by atoms with Crippen LogP contribution in [0.3, 0.4) is 0 Å². The van der Waals surface area contributed by atoms with E-state index < -0.39 is 0 Å². The molecule has 0 aromatic carbocycles. The van der Waals surface area contributed by atoms with Gasteiger partial charge in [-0.25, -0.2) is 0 Å². The molecule has 1 fully saturated rings. The number of rotatable bonds is 2. The molecule has 0 aliphatic carbocycles. The molecule has 0 amide bonds. The molecule has 1 saturated heterocycles. The van der Waals surface area contributed by atoms with Crippen LogP contribution >= 0.6 is 0 Å². The molecular formula is C8H18N2. The van der Waals surface area contributed by atoms with Gasteiger partial charge in [-0.3, -0.25) is 4.90 Å². The minimum absolute atomic E-state index is 0.775. The highest BCUT2D eigenvalue weighted by Crippen LogP contribution is 2.14. The molecule has 1 heterocycles. The molecule has 2 heteroatoms. The molecule has 0 spiro atoms. The molecule has 0 unspecified atom stereocenters. The lowest BCUT2D eigenvalue weighted by atomic mass is 10.0. The van der Waals surface area contributed by atoms with Crippen molar-refractivity contribution >= 4 is 0 Å². The van der Waals surface area contributed by atoms with Crippen molar-refractivity contribution in [2.75, 3.05) is 19.6 Å². The molecule has 0 bridgehead atoms. The van der Waals surface area contributed by atoms with Crippen LogP contribution in [0.1, 0.15) is 26.2 Å². The SMILES string of the molecule is C[C@H]1CCCCN1CCN. The van der Waals surface area contributed by atoms with Gasteiger partial charge in [0, 0.05) is 19.1 Å². The Labute approximate surface area is 63.4 Å². The second-order valence-electron chi connectivity index (χ2n) is 3.17. The first-order valence-electron chi connectivity index (χ1n) is 4.28. The highest BCUT2D eigenvalue weighted by atomic mass is 15.2. The topological polar surface area (TPSA) is 29.3 Å². The minimum Gasteiger partial charge on any atom is -0.329 e. The molecular weight excluding hydrogens is 124 g/mol. The first-order chi connectivity index (χ1) is 4.84. The Balaban J connectivity index is 2.25. The van der Waals surface area contributed by atoms with Gasteiger partial charge in [-0.15, -0.1) is 0 Å². The molecule has 1 atom stereocenters. The summed E-state index contributed by atoms with van der Waals surface area (Å²) in [5.41, 5.74) is 5.48. The van der Waals surface area contributed by atoms with Crippen molar-refractivity contribution in [2.24, 2.45) is 5.73 Å². The third-order valence-corrected chi connectivity index (χ3v) is 2.36. The maximum Gasteiger partial charge on any atom is 0.0107 e. The van der Waals surface area contributed by atoms with Crippen LogP contribution in [0.15, 0.2) is 0 Å². The van der Waals surface area contributed by atoms with E-state index in [0.29, 0.717) is 0 Å². The van der Waals surface area contributed by atoms with Gasteiger partial charge in [-0.2, -0.15) is 0 Å². The van der Waals surface area contributed by atoms with Gasteiger partial charge < -0.3 is 5.73 Å². The van der Waals surface area contributed by atoms with Gasteiger partial charge in [0.2, 0.25) is 0 Å². The Kier molecular flexibility index (Phi) is 3.16. The fourth-order valence-corrected chi connectivity index (χ4v) is 1.66. The summed E-state index contributed by atoms with van der Waals surface area (Å²) < 4.78 is 0. The van der Waals surface area contributed by atoms with Crippen molar-refractivity contribution in [3.8, 4) is 0 Å². The molecule has 1 rings (SSSR count). The third-order valence-electron chi connectivity index (χ3n) is 2.36. The summed E-state index contributed by atoms with van der Waals surface area (Å²) in [6.45, 7) is 5.46. The van der Waals surface area contributed by atoms with Gasteiger partial charge in [0.1, 0.15) is 0 Å². The van der Waals surface area contributed by atoms with E-state index >= 15 is 0 Å². The molecule has 0 aromatic rings. The summed E-state index contributed by atoms with van der Waals surface area (Å²) >= 11 is 0. The zero-order chi connectivity index (χ0) is 7.40. The van der Waals surface area contributed by atoms with Crippen LogP contribution in [0.5, 0.6) is 0 Å². The molecule has 60 valence electrons. The summed E-state index contributed by atoms with van der Waals surface area (Å²) in [4.78, 5) is 2.49. The second-order valence-corrected chi connectivity index (χ2v) is 3.17. The van der Waals surface area contributed by atoms with Crippen molar-refractivity contribution < 1.29 is 0 Å². The fourth-order valence-electron chi connectivity index (χ4n) is 1.66. The van der Waals surface area contributed by atoms with Gasteiger partial charge in [0.05, 0.1) is 0 Å². The molecule has 0 radical (unpaired) electrons. The molecule has 0 saturated carbocycles. The van der Waals surface area contributed by atoms with E-state index in [1.165, 1.54) is 25.8 Å². The van der Waals surface area contributed by atoms with Crippen LogP contribution in [0, 0.1) is 0 Å². The van der Waals surface area contributed by atoms with Gasteiger partial charge >= 0.3 is 0 Å². The number of nitrogens with zero attached hydrogens (tertiary/aromatic N) is 1. The number of hydrogen-bond donors (Lipinski definition) is 1. The summed E-state index contributed by atoms with van der Waals surface area (Å²) in [5.74, 6) is 0. The Morgan fingerprint density at radius 3 is 2.90 bits per heavy atom. The van der Waals surface area contributed by atoms with E-state index in [4.69, 9.17) is 5.73 Å². The van der Waals surface area contributed by atoms with Crippen molar-refractivity contribution in [2.45, 2.75) is 32.2 Å². The molecule has 1 aliphatic heterocycles. The number of hydrogen-bond acceptors (Lipinski definition) is 2. The molecule has 2 N–H and O–H groups in total. The van der Waals surface area contributed by atoms with Crippen LogP contribution in [0.4, 0.5) is 0 Å². The van der Waals surface area contributed by atoms with Crippen LogP contribution in [-0.4, -0.2) is 30.6 Å². The average molecular weight is 142 g/mol.